The van der Waals surface area contributed by atoms with Crippen molar-refractivity contribution in [1.82, 2.24) is 20.4 Å². The molecule has 7 heteroatoms. The predicted octanol–water partition coefficient (Wildman–Crippen LogP) is 2.83. The van der Waals surface area contributed by atoms with E-state index in [9.17, 15) is 14.4 Å². The minimum atomic E-state index is -0.547. The van der Waals surface area contributed by atoms with Gasteiger partial charge in [0, 0.05) is 25.1 Å². The standard InChI is InChI=1S/C27H38N4O3/c32-25-9-8-24(26(33)29-25)31-18-22-15-21(6-7-23(22)27(31)34)17-30-13-10-19(11-14-30)3-1-4-20-5-2-12-28-16-20/h6-7,15,19-20,24,28H,1-5,8-14,16-18H2,(H,29,32,33). The summed E-state index contributed by atoms with van der Waals surface area (Å²) < 4.78 is 0. The Bertz CT molecular complexity index is 918. The summed E-state index contributed by atoms with van der Waals surface area (Å²) >= 11 is 0. The number of carbonyl (C=O) groups excluding carboxylic acids is 3. The van der Waals surface area contributed by atoms with E-state index in [-0.39, 0.29) is 24.1 Å². The molecular formula is C27H38N4O3. The highest BCUT2D eigenvalue weighted by molar-refractivity contribution is 6.05. The molecule has 0 radical (unpaired) electrons. The van der Waals surface area contributed by atoms with Crippen LogP contribution in [0.4, 0.5) is 0 Å². The zero-order valence-corrected chi connectivity index (χ0v) is 20.2. The van der Waals surface area contributed by atoms with E-state index in [0.29, 0.717) is 18.5 Å². The first-order chi connectivity index (χ1) is 16.6. The van der Waals surface area contributed by atoms with Crippen LogP contribution in [0.15, 0.2) is 18.2 Å². The van der Waals surface area contributed by atoms with Gasteiger partial charge in [0.05, 0.1) is 0 Å². The minimum Gasteiger partial charge on any atom is -0.322 e. The van der Waals surface area contributed by atoms with Gasteiger partial charge in [-0.15, -0.1) is 0 Å². The first kappa shape index (κ1) is 23.5. The number of benzene rings is 1. The SMILES string of the molecule is O=C1CCC(N2Cc3cc(CN4CCC(CCCC5CCCNC5)CC4)ccc3C2=O)C(=O)N1. The summed E-state index contributed by atoms with van der Waals surface area (Å²) in [6.07, 6.45) is 10.2. The fourth-order valence-corrected chi connectivity index (χ4v) is 6.28. The molecule has 2 atom stereocenters. The summed E-state index contributed by atoms with van der Waals surface area (Å²) in [5.41, 5.74) is 2.93. The van der Waals surface area contributed by atoms with Crippen molar-refractivity contribution in [3.63, 3.8) is 0 Å². The summed E-state index contributed by atoms with van der Waals surface area (Å²) in [7, 11) is 0. The Morgan fingerprint density at radius 3 is 2.56 bits per heavy atom. The number of piperidine rings is 3. The van der Waals surface area contributed by atoms with Gasteiger partial charge >= 0.3 is 0 Å². The molecule has 2 unspecified atom stereocenters. The molecule has 3 fully saturated rings. The molecule has 3 saturated heterocycles. The molecule has 4 aliphatic rings. The Hall–Kier alpha value is -2.25. The Labute approximate surface area is 202 Å². The average molecular weight is 467 g/mol. The van der Waals surface area contributed by atoms with E-state index in [1.807, 2.05) is 6.07 Å². The molecule has 4 heterocycles. The lowest BCUT2D eigenvalue weighted by Crippen LogP contribution is -2.52. The van der Waals surface area contributed by atoms with Crippen LogP contribution >= 0.6 is 0 Å². The lowest BCUT2D eigenvalue weighted by Gasteiger charge is -2.32. The first-order valence-corrected chi connectivity index (χ1v) is 13.3. The van der Waals surface area contributed by atoms with Gasteiger partial charge in [-0.2, -0.15) is 0 Å². The highest BCUT2D eigenvalue weighted by atomic mass is 16.2. The van der Waals surface area contributed by atoms with E-state index < -0.39 is 6.04 Å². The minimum absolute atomic E-state index is 0.0964. The summed E-state index contributed by atoms with van der Waals surface area (Å²) in [6.45, 7) is 6.08. The molecule has 1 aromatic carbocycles. The molecule has 0 spiro atoms. The number of imide groups is 1. The molecule has 0 aliphatic carbocycles. The second-order valence-electron chi connectivity index (χ2n) is 10.8. The molecule has 1 aromatic rings. The van der Waals surface area contributed by atoms with Crippen molar-refractivity contribution < 1.29 is 14.4 Å². The van der Waals surface area contributed by atoms with Crippen LogP contribution in [-0.2, 0) is 22.7 Å². The topological polar surface area (TPSA) is 81.8 Å². The van der Waals surface area contributed by atoms with Gasteiger partial charge in [0.25, 0.3) is 5.91 Å². The van der Waals surface area contributed by atoms with Crippen LogP contribution in [-0.4, -0.2) is 59.7 Å². The quantitative estimate of drug-likeness (QED) is 0.604. The maximum absolute atomic E-state index is 12.9. The smallest absolute Gasteiger partial charge is 0.255 e. The average Bonchev–Trinajstić information content (AvgIpc) is 3.16. The second-order valence-corrected chi connectivity index (χ2v) is 10.8. The second kappa shape index (κ2) is 10.6. The van der Waals surface area contributed by atoms with Crippen LogP contribution in [0.5, 0.6) is 0 Å². The third-order valence-electron chi connectivity index (χ3n) is 8.32. The van der Waals surface area contributed by atoms with E-state index in [0.717, 1.165) is 37.0 Å². The molecule has 2 N–H and O–H groups in total. The molecule has 4 aliphatic heterocycles. The summed E-state index contributed by atoms with van der Waals surface area (Å²) in [5.74, 6) is 1.06. The van der Waals surface area contributed by atoms with Gasteiger partial charge in [-0.3, -0.25) is 24.6 Å². The van der Waals surface area contributed by atoms with Crippen molar-refractivity contribution in [3.05, 3.63) is 34.9 Å². The lowest BCUT2D eigenvalue weighted by atomic mass is 9.88. The van der Waals surface area contributed by atoms with E-state index in [2.05, 4.69) is 27.7 Å². The van der Waals surface area contributed by atoms with Gasteiger partial charge in [0.1, 0.15) is 6.04 Å². The molecule has 0 bridgehead atoms. The number of likely N-dealkylation sites (tertiary alicyclic amines) is 1. The number of fused-ring (bicyclic) bond motifs is 1. The number of rotatable bonds is 7. The first-order valence-electron chi connectivity index (χ1n) is 13.3. The van der Waals surface area contributed by atoms with Crippen molar-refractivity contribution in [3.8, 4) is 0 Å². The Morgan fingerprint density at radius 2 is 1.79 bits per heavy atom. The van der Waals surface area contributed by atoms with E-state index >= 15 is 0 Å². The number of hydrogen-bond donors (Lipinski definition) is 2. The summed E-state index contributed by atoms with van der Waals surface area (Å²) in [5, 5.41) is 5.91. The largest absolute Gasteiger partial charge is 0.322 e. The molecule has 0 saturated carbocycles. The lowest BCUT2D eigenvalue weighted by molar-refractivity contribution is -0.136. The van der Waals surface area contributed by atoms with Crippen molar-refractivity contribution in [2.24, 2.45) is 11.8 Å². The van der Waals surface area contributed by atoms with Crippen molar-refractivity contribution in [1.29, 1.82) is 0 Å². The summed E-state index contributed by atoms with van der Waals surface area (Å²) in [4.78, 5) is 40.8. The molecule has 5 rings (SSSR count). The highest BCUT2D eigenvalue weighted by Crippen LogP contribution is 2.30. The molecule has 34 heavy (non-hydrogen) atoms. The van der Waals surface area contributed by atoms with Crippen LogP contribution in [0.3, 0.4) is 0 Å². The maximum Gasteiger partial charge on any atom is 0.255 e. The normalized spacial score (nSPS) is 26.6. The number of amides is 3. The van der Waals surface area contributed by atoms with Crippen LogP contribution in [0.2, 0.25) is 0 Å². The zero-order valence-electron chi connectivity index (χ0n) is 20.2. The van der Waals surface area contributed by atoms with Gasteiger partial charge in [0.15, 0.2) is 0 Å². The summed E-state index contributed by atoms with van der Waals surface area (Å²) in [6, 6.07) is 5.58. The van der Waals surface area contributed by atoms with Gasteiger partial charge < -0.3 is 10.2 Å². The maximum atomic E-state index is 12.9. The van der Waals surface area contributed by atoms with Gasteiger partial charge in [-0.25, -0.2) is 0 Å². The molecule has 3 amide bonds. The highest BCUT2D eigenvalue weighted by Gasteiger charge is 2.39. The van der Waals surface area contributed by atoms with Crippen LogP contribution in [0.25, 0.3) is 0 Å². The van der Waals surface area contributed by atoms with E-state index in [1.54, 1.807) is 4.90 Å². The van der Waals surface area contributed by atoms with Gasteiger partial charge in [0.2, 0.25) is 11.8 Å². The number of hydrogen-bond acceptors (Lipinski definition) is 5. The molecule has 184 valence electrons. The zero-order chi connectivity index (χ0) is 23.5. The van der Waals surface area contributed by atoms with Crippen LogP contribution in [0.1, 0.15) is 79.3 Å². The van der Waals surface area contributed by atoms with Crippen LogP contribution < -0.4 is 10.6 Å². The number of carbonyl (C=O) groups is 3. The van der Waals surface area contributed by atoms with E-state index in [1.165, 1.54) is 63.6 Å². The molecule has 7 nitrogen and oxygen atoms in total. The monoisotopic (exact) mass is 466 g/mol. The fourth-order valence-electron chi connectivity index (χ4n) is 6.28. The van der Waals surface area contributed by atoms with Crippen molar-refractivity contribution >= 4 is 17.7 Å². The Balaban J connectivity index is 1.09. The van der Waals surface area contributed by atoms with Gasteiger partial charge in [-0.05, 0) is 93.7 Å². The number of nitrogens with one attached hydrogen (secondary N) is 2. The van der Waals surface area contributed by atoms with E-state index in [4.69, 9.17) is 0 Å². The molecule has 0 aromatic heterocycles. The Kier molecular flexibility index (Phi) is 7.30. The number of nitrogens with zero attached hydrogens (tertiary/aromatic N) is 2. The third-order valence-corrected chi connectivity index (χ3v) is 8.32. The predicted molar refractivity (Wildman–Crippen MR) is 130 cm³/mol. The van der Waals surface area contributed by atoms with Crippen molar-refractivity contribution in [2.75, 3.05) is 26.2 Å². The Morgan fingerprint density at radius 1 is 0.971 bits per heavy atom. The van der Waals surface area contributed by atoms with Crippen LogP contribution in [0, 0.1) is 11.8 Å². The van der Waals surface area contributed by atoms with Gasteiger partial charge in [-0.1, -0.05) is 25.0 Å². The molecular weight excluding hydrogens is 428 g/mol. The van der Waals surface area contributed by atoms with Crippen molar-refractivity contribution in [2.45, 2.75) is 76.9 Å². The third kappa shape index (κ3) is 5.36. The fraction of sp³-hybridized carbons (Fsp3) is 0.667.